The Labute approximate surface area is 134 Å². The van der Waals surface area contributed by atoms with Crippen molar-refractivity contribution in [2.24, 2.45) is 5.92 Å². The average molecular weight is 321 g/mol. The zero-order valence-corrected chi connectivity index (χ0v) is 13.1. The molecular weight excluding hydrogens is 302 g/mol. The molecule has 0 amide bonds. The minimum absolute atomic E-state index is 0.0270. The predicted octanol–water partition coefficient (Wildman–Crippen LogP) is 3.04. The monoisotopic (exact) mass is 321 g/mol. The molecule has 0 N–H and O–H groups in total. The van der Waals surface area contributed by atoms with Gasteiger partial charge in [-0.05, 0) is 24.8 Å². The molecule has 0 saturated carbocycles. The number of carbonyl (C=O) groups excluding carboxylic acids is 2. The number of nitro benzene ring substituents is 1. The van der Waals surface area contributed by atoms with Gasteiger partial charge in [0.15, 0.2) is 0 Å². The van der Waals surface area contributed by atoms with Gasteiger partial charge in [0.1, 0.15) is 5.75 Å². The summed E-state index contributed by atoms with van der Waals surface area (Å²) in [7, 11) is 0. The Morgan fingerprint density at radius 3 is 2.61 bits per heavy atom. The van der Waals surface area contributed by atoms with E-state index in [2.05, 4.69) is 13.8 Å². The molecule has 0 bridgehead atoms. The van der Waals surface area contributed by atoms with Crippen LogP contribution < -0.4 is 4.74 Å². The first kappa shape index (κ1) is 18.3. The van der Waals surface area contributed by atoms with Gasteiger partial charge in [0.2, 0.25) is 0 Å². The number of hydrogen-bond acceptors (Lipinski definition) is 6. The van der Waals surface area contributed by atoms with Crippen LogP contribution in [-0.4, -0.2) is 23.5 Å². The number of esters is 2. The minimum atomic E-state index is -0.815. The lowest BCUT2D eigenvalue weighted by atomic mass is 10.1. The second kappa shape index (κ2) is 9.34. The number of hydrogen-bond donors (Lipinski definition) is 0. The fourth-order valence-electron chi connectivity index (χ4n) is 1.66. The highest BCUT2D eigenvalue weighted by atomic mass is 16.6. The lowest BCUT2D eigenvalue weighted by Gasteiger charge is -2.04. The summed E-state index contributed by atoms with van der Waals surface area (Å²) in [5.74, 6) is -0.886. The molecule has 0 aliphatic rings. The summed E-state index contributed by atoms with van der Waals surface area (Å²) in [5, 5.41) is 10.6. The zero-order chi connectivity index (χ0) is 17.2. The summed E-state index contributed by atoms with van der Waals surface area (Å²) in [6.07, 6.45) is 3.60. The molecule has 1 aromatic rings. The highest BCUT2D eigenvalue weighted by Crippen LogP contribution is 2.19. The van der Waals surface area contributed by atoms with Gasteiger partial charge in [-0.3, -0.25) is 10.1 Å². The van der Waals surface area contributed by atoms with E-state index in [0.29, 0.717) is 12.5 Å². The first-order valence-electron chi connectivity index (χ1n) is 7.19. The van der Waals surface area contributed by atoms with Gasteiger partial charge in [-0.25, -0.2) is 9.59 Å². The van der Waals surface area contributed by atoms with Gasteiger partial charge in [0.25, 0.3) is 5.69 Å². The molecule has 1 aromatic carbocycles. The third kappa shape index (κ3) is 7.75. The molecule has 0 spiro atoms. The van der Waals surface area contributed by atoms with E-state index in [1.54, 1.807) is 0 Å². The van der Waals surface area contributed by atoms with Crippen LogP contribution in [0.15, 0.2) is 36.4 Å². The van der Waals surface area contributed by atoms with Crippen molar-refractivity contribution >= 4 is 17.6 Å². The first-order chi connectivity index (χ1) is 10.9. The van der Waals surface area contributed by atoms with Crippen LogP contribution in [0.5, 0.6) is 5.75 Å². The van der Waals surface area contributed by atoms with Gasteiger partial charge in [-0.15, -0.1) is 0 Å². The number of nitro groups is 1. The summed E-state index contributed by atoms with van der Waals surface area (Å²) in [6.45, 7) is 4.44. The Bertz CT molecular complexity index is 594. The summed E-state index contributed by atoms with van der Waals surface area (Å²) >= 11 is 0. The van der Waals surface area contributed by atoms with E-state index in [1.165, 1.54) is 18.2 Å². The van der Waals surface area contributed by atoms with Crippen molar-refractivity contribution in [3.05, 3.63) is 46.5 Å². The molecular formula is C16H19NO6. The van der Waals surface area contributed by atoms with E-state index >= 15 is 0 Å². The van der Waals surface area contributed by atoms with Crippen molar-refractivity contribution in [1.82, 2.24) is 0 Å². The smallest absolute Gasteiger partial charge is 0.336 e. The van der Waals surface area contributed by atoms with Crippen LogP contribution in [0, 0.1) is 16.0 Å². The van der Waals surface area contributed by atoms with E-state index in [9.17, 15) is 19.7 Å². The van der Waals surface area contributed by atoms with Crippen molar-refractivity contribution in [2.45, 2.75) is 26.7 Å². The maximum Gasteiger partial charge on any atom is 0.336 e. The third-order valence-electron chi connectivity index (χ3n) is 2.77. The molecule has 0 saturated heterocycles. The number of benzene rings is 1. The van der Waals surface area contributed by atoms with Crippen molar-refractivity contribution in [3.8, 4) is 5.75 Å². The van der Waals surface area contributed by atoms with Crippen LogP contribution >= 0.6 is 0 Å². The Kier molecular flexibility index (Phi) is 7.45. The Morgan fingerprint density at radius 2 is 1.96 bits per heavy atom. The summed E-state index contributed by atoms with van der Waals surface area (Å²) in [4.78, 5) is 32.9. The molecule has 1 rings (SSSR count). The van der Waals surface area contributed by atoms with Crippen molar-refractivity contribution in [2.75, 3.05) is 6.61 Å². The number of rotatable bonds is 8. The molecule has 7 heteroatoms. The van der Waals surface area contributed by atoms with Crippen LogP contribution in [0.2, 0.25) is 0 Å². The molecule has 0 aliphatic heterocycles. The van der Waals surface area contributed by atoms with E-state index in [1.807, 2.05) is 0 Å². The number of ether oxygens (including phenoxy) is 2. The molecule has 0 aromatic heterocycles. The number of nitrogens with zero attached hydrogens (tertiary/aromatic N) is 1. The third-order valence-corrected chi connectivity index (χ3v) is 2.77. The molecule has 7 nitrogen and oxygen atoms in total. The highest BCUT2D eigenvalue weighted by molar-refractivity contribution is 5.92. The Balaban J connectivity index is 2.42. The Morgan fingerprint density at radius 1 is 1.26 bits per heavy atom. The topological polar surface area (TPSA) is 95.7 Å². The van der Waals surface area contributed by atoms with E-state index in [4.69, 9.17) is 9.47 Å². The molecule has 0 radical (unpaired) electrons. The van der Waals surface area contributed by atoms with Gasteiger partial charge >= 0.3 is 11.9 Å². The van der Waals surface area contributed by atoms with Gasteiger partial charge in [-0.1, -0.05) is 19.9 Å². The first-order valence-corrected chi connectivity index (χ1v) is 7.19. The van der Waals surface area contributed by atoms with Crippen LogP contribution in [-0.2, 0) is 14.3 Å². The second-order valence-corrected chi connectivity index (χ2v) is 5.21. The number of carbonyl (C=O) groups is 2. The normalized spacial score (nSPS) is 10.7. The lowest BCUT2D eigenvalue weighted by Crippen LogP contribution is -2.07. The van der Waals surface area contributed by atoms with Crippen molar-refractivity contribution < 1.29 is 24.0 Å². The summed E-state index contributed by atoms with van der Waals surface area (Å²) in [5.41, 5.74) is -0.191. The van der Waals surface area contributed by atoms with Gasteiger partial charge in [-0.2, -0.15) is 0 Å². The van der Waals surface area contributed by atoms with E-state index < -0.39 is 16.9 Å². The quantitative estimate of drug-likeness (QED) is 0.182. The van der Waals surface area contributed by atoms with Crippen LogP contribution in [0.25, 0.3) is 0 Å². The van der Waals surface area contributed by atoms with E-state index in [0.717, 1.165) is 31.1 Å². The molecule has 23 heavy (non-hydrogen) atoms. The molecule has 0 atom stereocenters. The second-order valence-electron chi connectivity index (χ2n) is 5.21. The maximum absolute atomic E-state index is 11.5. The minimum Gasteiger partial charge on any atom is -0.463 e. The molecule has 0 aliphatic carbocycles. The van der Waals surface area contributed by atoms with Gasteiger partial charge in [0, 0.05) is 18.2 Å². The zero-order valence-electron chi connectivity index (χ0n) is 13.1. The highest BCUT2D eigenvalue weighted by Gasteiger charge is 2.08. The fraction of sp³-hybridized carbons (Fsp3) is 0.375. The molecule has 0 fully saturated rings. The summed E-state index contributed by atoms with van der Waals surface area (Å²) < 4.78 is 9.80. The van der Waals surface area contributed by atoms with Crippen LogP contribution in [0.1, 0.15) is 26.7 Å². The average Bonchev–Trinajstić information content (AvgIpc) is 2.49. The standard InChI is InChI=1S/C16H19NO6/c1-12(2)5-4-10-22-15(18)8-9-16(19)23-14-7-3-6-13(11-14)17(20)21/h3,6-9,11-12H,4-5,10H2,1-2H3/b9-8+. The van der Waals surface area contributed by atoms with Gasteiger partial charge in [0.05, 0.1) is 17.6 Å². The molecule has 124 valence electrons. The number of non-ortho nitro benzene ring substituents is 1. The maximum atomic E-state index is 11.5. The predicted molar refractivity (Wildman–Crippen MR) is 82.9 cm³/mol. The van der Waals surface area contributed by atoms with Crippen molar-refractivity contribution in [1.29, 1.82) is 0 Å². The Hall–Kier alpha value is -2.70. The van der Waals surface area contributed by atoms with Crippen LogP contribution in [0.4, 0.5) is 5.69 Å². The van der Waals surface area contributed by atoms with Crippen LogP contribution in [0.3, 0.4) is 0 Å². The summed E-state index contributed by atoms with van der Waals surface area (Å²) in [6, 6.07) is 5.20. The molecule has 0 unspecified atom stereocenters. The van der Waals surface area contributed by atoms with E-state index in [-0.39, 0.29) is 11.4 Å². The lowest BCUT2D eigenvalue weighted by molar-refractivity contribution is -0.384. The molecule has 0 heterocycles. The largest absolute Gasteiger partial charge is 0.463 e. The van der Waals surface area contributed by atoms with Gasteiger partial charge < -0.3 is 9.47 Å². The SMILES string of the molecule is CC(C)CCCOC(=O)/C=C/C(=O)Oc1cccc([N+](=O)[O-])c1. The van der Waals surface area contributed by atoms with Crippen molar-refractivity contribution in [3.63, 3.8) is 0 Å². The fourth-order valence-corrected chi connectivity index (χ4v) is 1.66.